The van der Waals surface area contributed by atoms with Crippen molar-refractivity contribution in [3.8, 4) is 0 Å². The fraction of sp³-hybridized carbons (Fsp3) is 0.529. The third kappa shape index (κ3) is 7.23. The molecule has 0 bridgehead atoms. The van der Waals surface area contributed by atoms with Gasteiger partial charge in [0.15, 0.2) is 0 Å². The molecule has 140 valence electrons. The van der Waals surface area contributed by atoms with E-state index in [1.165, 1.54) is 12.1 Å². The SMILES string of the molecule is CCNS(=O)(=O)c1ccc(C)c(C(=O)NCCCCCCC(=O)O)c1. The van der Waals surface area contributed by atoms with Crippen molar-refractivity contribution in [2.24, 2.45) is 0 Å². The van der Waals surface area contributed by atoms with Gasteiger partial charge in [0.1, 0.15) is 0 Å². The molecule has 0 aliphatic rings. The zero-order valence-corrected chi connectivity index (χ0v) is 15.5. The molecule has 0 fully saturated rings. The van der Waals surface area contributed by atoms with Crippen LogP contribution in [0.5, 0.6) is 0 Å². The van der Waals surface area contributed by atoms with Gasteiger partial charge in [0.25, 0.3) is 5.91 Å². The van der Waals surface area contributed by atoms with Gasteiger partial charge in [-0.25, -0.2) is 13.1 Å². The highest BCUT2D eigenvalue weighted by Gasteiger charge is 2.17. The van der Waals surface area contributed by atoms with Crippen LogP contribution in [-0.2, 0) is 14.8 Å². The van der Waals surface area contributed by atoms with Crippen molar-refractivity contribution in [2.75, 3.05) is 13.1 Å². The molecule has 0 spiro atoms. The van der Waals surface area contributed by atoms with E-state index in [4.69, 9.17) is 5.11 Å². The Hall–Kier alpha value is -1.93. The number of sulfonamides is 1. The first-order valence-electron chi connectivity index (χ1n) is 8.38. The first kappa shape index (κ1) is 21.1. The van der Waals surface area contributed by atoms with Crippen molar-refractivity contribution in [1.82, 2.24) is 10.0 Å². The number of hydrogen-bond acceptors (Lipinski definition) is 4. The van der Waals surface area contributed by atoms with Crippen LogP contribution in [0.2, 0.25) is 0 Å². The number of aryl methyl sites for hydroxylation is 1. The smallest absolute Gasteiger partial charge is 0.303 e. The Morgan fingerprint density at radius 2 is 1.80 bits per heavy atom. The van der Waals surface area contributed by atoms with Gasteiger partial charge in [0.05, 0.1) is 4.90 Å². The average molecular weight is 370 g/mol. The van der Waals surface area contributed by atoms with Crippen LogP contribution in [0.3, 0.4) is 0 Å². The van der Waals surface area contributed by atoms with Crippen LogP contribution in [-0.4, -0.2) is 38.5 Å². The summed E-state index contributed by atoms with van der Waals surface area (Å²) in [4.78, 5) is 22.7. The lowest BCUT2D eigenvalue weighted by Gasteiger charge is -2.10. The number of benzene rings is 1. The van der Waals surface area contributed by atoms with E-state index in [9.17, 15) is 18.0 Å². The molecule has 3 N–H and O–H groups in total. The second-order valence-electron chi connectivity index (χ2n) is 5.79. The van der Waals surface area contributed by atoms with Crippen LogP contribution >= 0.6 is 0 Å². The molecule has 8 heteroatoms. The van der Waals surface area contributed by atoms with Gasteiger partial charge in [0, 0.05) is 25.1 Å². The Balaban J connectivity index is 2.56. The van der Waals surface area contributed by atoms with Gasteiger partial charge in [-0.1, -0.05) is 25.8 Å². The minimum absolute atomic E-state index is 0.0683. The van der Waals surface area contributed by atoms with Gasteiger partial charge >= 0.3 is 5.97 Å². The van der Waals surface area contributed by atoms with Crippen LogP contribution in [0.1, 0.15) is 54.9 Å². The molecule has 1 aromatic carbocycles. The molecule has 7 nitrogen and oxygen atoms in total. The van der Waals surface area contributed by atoms with Crippen LogP contribution in [0, 0.1) is 6.92 Å². The number of carbonyl (C=O) groups excluding carboxylic acids is 1. The quantitative estimate of drug-likeness (QED) is 0.516. The fourth-order valence-electron chi connectivity index (χ4n) is 2.34. The maximum Gasteiger partial charge on any atom is 0.303 e. The normalized spacial score (nSPS) is 11.3. The van der Waals surface area contributed by atoms with Gasteiger partial charge < -0.3 is 10.4 Å². The summed E-state index contributed by atoms with van der Waals surface area (Å²) in [5.74, 6) is -1.10. The van der Waals surface area contributed by atoms with Crippen molar-refractivity contribution in [1.29, 1.82) is 0 Å². The summed E-state index contributed by atoms with van der Waals surface area (Å²) >= 11 is 0. The molecule has 1 rings (SSSR count). The van der Waals surface area contributed by atoms with E-state index in [1.54, 1.807) is 19.9 Å². The molecule has 0 unspecified atom stereocenters. The highest BCUT2D eigenvalue weighted by molar-refractivity contribution is 7.89. The minimum atomic E-state index is -3.60. The van der Waals surface area contributed by atoms with Crippen LogP contribution in [0.15, 0.2) is 23.1 Å². The Labute approximate surface area is 148 Å². The van der Waals surface area contributed by atoms with Gasteiger partial charge in [-0.15, -0.1) is 0 Å². The molecule has 0 saturated carbocycles. The van der Waals surface area contributed by atoms with Gasteiger partial charge in [0.2, 0.25) is 10.0 Å². The Bertz CT molecular complexity index is 701. The van der Waals surface area contributed by atoms with Crippen molar-refractivity contribution in [3.05, 3.63) is 29.3 Å². The lowest BCUT2D eigenvalue weighted by atomic mass is 10.1. The van der Waals surface area contributed by atoms with Crippen molar-refractivity contribution in [3.63, 3.8) is 0 Å². The molecule has 0 heterocycles. The molecular formula is C17H26N2O5S. The number of carboxylic acid groups (broad SMARTS) is 1. The molecule has 0 aliphatic carbocycles. The second-order valence-corrected chi connectivity index (χ2v) is 7.56. The summed E-state index contributed by atoms with van der Waals surface area (Å²) in [5.41, 5.74) is 1.04. The zero-order chi connectivity index (χ0) is 18.9. The fourth-order valence-corrected chi connectivity index (χ4v) is 3.41. The Kier molecular flexibility index (Phi) is 8.57. The molecular weight excluding hydrogens is 344 g/mol. The van der Waals surface area contributed by atoms with E-state index in [0.717, 1.165) is 19.3 Å². The number of unbranched alkanes of at least 4 members (excludes halogenated alkanes) is 3. The van der Waals surface area contributed by atoms with Gasteiger partial charge in [-0.05, 0) is 37.5 Å². The van der Waals surface area contributed by atoms with Crippen molar-refractivity contribution >= 4 is 21.9 Å². The monoisotopic (exact) mass is 370 g/mol. The molecule has 0 aliphatic heterocycles. The average Bonchev–Trinajstić information content (AvgIpc) is 2.53. The van der Waals surface area contributed by atoms with Crippen LogP contribution < -0.4 is 10.0 Å². The molecule has 0 saturated heterocycles. The highest BCUT2D eigenvalue weighted by Crippen LogP contribution is 2.15. The lowest BCUT2D eigenvalue weighted by molar-refractivity contribution is -0.137. The number of carbonyl (C=O) groups is 2. The summed E-state index contributed by atoms with van der Waals surface area (Å²) < 4.78 is 26.5. The van der Waals surface area contributed by atoms with Crippen molar-refractivity contribution < 1.29 is 23.1 Å². The summed E-state index contributed by atoms with van der Waals surface area (Å²) in [6.07, 6.45) is 3.18. The lowest BCUT2D eigenvalue weighted by Crippen LogP contribution is -2.27. The highest BCUT2D eigenvalue weighted by atomic mass is 32.2. The number of aliphatic carboxylic acids is 1. The minimum Gasteiger partial charge on any atom is -0.481 e. The number of nitrogens with one attached hydrogen (secondary N) is 2. The zero-order valence-electron chi connectivity index (χ0n) is 14.7. The molecule has 0 atom stereocenters. The van der Waals surface area contributed by atoms with Crippen molar-refractivity contribution in [2.45, 2.75) is 50.8 Å². The first-order valence-corrected chi connectivity index (χ1v) is 9.86. The molecule has 1 amide bonds. The first-order chi connectivity index (χ1) is 11.8. The van der Waals surface area contributed by atoms with E-state index >= 15 is 0 Å². The summed E-state index contributed by atoms with van der Waals surface area (Å²) in [6.45, 7) is 4.19. The van der Waals surface area contributed by atoms with Crippen LogP contribution in [0.4, 0.5) is 0 Å². The molecule has 25 heavy (non-hydrogen) atoms. The standard InChI is InChI=1S/C17H26N2O5S/c1-3-19-25(23,24)14-10-9-13(2)15(12-14)17(22)18-11-7-5-4-6-8-16(20)21/h9-10,12,19H,3-8,11H2,1-2H3,(H,18,22)(H,20,21). The van der Waals surface area contributed by atoms with E-state index in [2.05, 4.69) is 10.0 Å². The number of rotatable bonds is 11. The molecule has 1 aromatic rings. The third-order valence-corrected chi connectivity index (χ3v) is 5.24. The van der Waals surface area contributed by atoms with Gasteiger partial charge in [-0.3, -0.25) is 9.59 Å². The van der Waals surface area contributed by atoms with E-state index < -0.39 is 16.0 Å². The Morgan fingerprint density at radius 3 is 2.44 bits per heavy atom. The van der Waals surface area contributed by atoms with Crippen LogP contribution in [0.25, 0.3) is 0 Å². The summed E-state index contributed by atoms with van der Waals surface area (Å²) in [6, 6.07) is 4.48. The third-order valence-electron chi connectivity index (χ3n) is 3.70. The maximum atomic E-state index is 12.3. The topological polar surface area (TPSA) is 113 Å². The van der Waals surface area contributed by atoms with E-state index in [-0.39, 0.29) is 23.8 Å². The predicted molar refractivity (Wildman–Crippen MR) is 95.1 cm³/mol. The molecule has 0 aromatic heterocycles. The number of amides is 1. The summed E-state index contributed by atoms with van der Waals surface area (Å²) in [7, 11) is -3.60. The largest absolute Gasteiger partial charge is 0.481 e. The van der Waals surface area contributed by atoms with E-state index in [0.29, 0.717) is 24.1 Å². The number of carboxylic acids is 1. The molecule has 0 radical (unpaired) electrons. The maximum absolute atomic E-state index is 12.3. The summed E-state index contributed by atoms with van der Waals surface area (Å²) in [5, 5.41) is 11.3. The predicted octanol–water partition coefficient (Wildman–Crippen LogP) is 2.06. The van der Waals surface area contributed by atoms with Gasteiger partial charge in [-0.2, -0.15) is 0 Å². The number of hydrogen-bond donors (Lipinski definition) is 3. The second kappa shape index (κ2) is 10.1. The van der Waals surface area contributed by atoms with E-state index in [1.807, 2.05) is 0 Å². The Morgan fingerprint density at radius 1 is 1.12 bits per heavy atom.